The van der Waals surface area contributed by atoms with Crippen LogP contribution in [0.25, 0.3) is 22.4 Å². The molecule has 1 unspecified atom stereocenters. The Morgan fingerprint density at radius 3 is 2.93 bits per heavy atom. The molecule has 3 aromatic rings. The molecule has 1 fully saturated rings. The van der Waals surface area contributed by atoms with Crippen molar-refractivity contribution < 1.29 is 4.39 Å². The molecule has 9 heteroatoms. The van der Waals surface area contributed by atoms with Gasteiger partial charge in [-0.1, -0.05) is 11.6 Å². The Labute approximate surface area is 167 Å². The summed E-state index contributed by atoms with van der Waals surface area (Å²) in [6.45, 7) is 1.92. The highest BCUT2D eigenvalue weighted by atomic mass is 35.5. The van der Waals surface area contributed by atoms with Gasteiger partial charge in [-0.05, 0) is 44.7 Å². The number of nitrogens with one attached hydrogen (secondary N) is 3. The van der Waals surface area contributed by atoms with Crippen LogP contribution < -0.4 is 10.6 Å². The molecule has 0 amide bonds. The smallest absolute Gasteiger partial charge is 0.183 e. The number of aromatic amines is 1. The number of anilines is 1. The van der Waals surface area contributed by atoms with E-state index in [1.54, 1.807) is 24.7 Å². The molecule has 0 aromatic carbocycles. The number of hydrogen-bond donors (Lipinski definition) is 4. The normalized spacial score (nSPS) is 17.1. The third kappa shape index (κ3) is 4.69. The molecule has 3 aromatic heterocycles. The van der Waals surface area contributed by atoms with Crippen molar-refractivity contribution in [3.63, 3.8) is 0 Å². The fourth-order valence-electron chi connectivity index (χ4n) is 3.12. The minimum atomic E-state index is -0.447. The summed E-state index contributed by atoms with van der Waals surface area (Å²) in [6.07, 6.45) is 9.22. The van der Waals surface area contributed by atoms with Crippen molar-refractivity contribution in [2.75, 3.05) is 24.7 Å². The lowest BCUT2D eigenvalue weighted by atomic mass is 10.1. The summed E-state index contributed by atoms with van der Waals surface area (Å²) in [5.74, 6) is 0.226. The molecule has 0 spiro atoms. The zero-order valence-corrected chi connectivity index (χ0v) is 16.6. The Morgan fingerprint density at radius 2 is 2.07 bits per heavy atom. The lowest BCUT2D eigenvalue weighted by Crippen LogP contribution is -2.23. The number of thiol groups is 1. The summed E-state index contributed by atoms with van der Waals surface area (Å²) in [7, 11) is 0. The highest BCUT2D eigenvalue weighted by Gasteiger charge is 2.17. The first-order chi connectivity index (χ1) is 13.2. The van der Waals surface area contributed by atoms with Gasteiger partial charge in [-0.15, -0.1) is 0 Å². The second-order valence-electron chi connectivity index (χ2n) is 6.16. The number of fused-ring (bicyclic) bond motifs is 1. The Morgan fingerprint density at radius 1 is 1.22 bits per heavy atom. The molecular formula is C18H22ClFN6S. The van der Waals surface area contributed by atoms with Crippen LogP contribution in [0.3, 0.4) is 0 Å². The van der Waals surface area contributed by atoms with Gasteiger partial charge in [-0.3, -0.25) is 0 Å². The molecule has 4 heterocycles. The van der Waals surface area contributed by atoms with Crippen LogP contribution in [0.1, 0.15) is 19.3 Å². The molecule has 4 rings (SSSR count). The molecule has 3 N–H and O–H groups in total. The number of hydrogen-bond acceptors (Lipinski definition) is 6. The number of halogens is 2. The third-order valence-electron chi connectivity index (χ3n) is 4.40. The van der Waals surface area contributed by atoms with Crippen molar-refractivity contribution in [3.05, 3.63) is 35.5 Å². The highest BCUT2D eigenvalue weighted by Crippen LogP contribution is 2.28. The first-order valence-corrected chi connectivity index (χ1v) is 10.1. The van der Waals surface area contributed by atoms with E-state index < -0.39 is 5.82 Å². The topological polar surface area (TPSA) is 78.5 Å². The van der Waals surface area contributed by atoms with Gasteiger partial charge in [0.15, 0.2) is 17.5 Å². The first kappa shape index (κ1) is 19.9. The second kappa shape index (κ2) is 9.34. The van der Waals surface area contributed by atoms with Gasteiger partial charge in [0.05, 0.1) is 11.2 Å². The summed E-state index contributed by atoms with van der Waals surface area (Å²) in [5, 5.41) is 7.92. The predicted octanol–water partition coefficient (Wildman–Crippen LogP) is 3.91. The Hall–Kier alpha value is -1.90. The van der Waals surface area contributed by atoms with Gasteiger partial charge >= 0.3 is 0 Å². The summed E-state index contributed by atoms with van der Waals surface area (Å²) in [6, 6.07) is 2.00. The average Bonchev–Trinajstić information content (AvgIpc) is 2.92. The third-order valence-corrected chi connectivity index (χ3v) is 4.61. The van der Waals surface area contributed by atoms with Crippen molar-refractivity contribution in [2.24, 2.45) is 0 Å². The highest BCUT2D eigenvalue weighted by molar-refractivity contribution is 7.79. The first-order valence-electron chi connectivity index (χ1n) is 8.78. The van der Waals surface area contributed by atoms with Crippen LogP contribution in [-0.2, 0) is 0 Å². The number of rotatable bonds is 3. The molecule has 0 aliphatic carbocycles. The second-order valence-corrected chi connectivity index (χ2v) is 6.60. The minimum absolute atomic E-state index is 0.200. The molecule has 1 saturated heterocycles. The molecule has 1 aliphatic heterocycles. The van der Waals surface area contributed by atoms with Crippen LogP contribution in [0.15, 0.2) is 24.7 Å². The maximum absolute atomic E-state index is 14.2. The molecule has 6 nitrogen and oxygen atoms in total. The predicted molar refractivity (Wildman–Crippen MR) is 111 cm³/mol. The molecule has 0 radical (unpaired) electrons. The fourth-order valence-corrected chi connectivity index (χ4v) is 3.28. The standard InChI is InChI=1S/C17H18ClFN6.CH4S/c18-10-6-12-13(8-22-15(12)21-7-10)16-23-9-14(19)17(25-16)24-11-2-1-4-20-5-3-11;1-2/h6-9,11,20H,1-5H2,(H,21,22)(H,23,24,25);2H,1H3. The largest absolute Gasteiger partial charge is 0.365 e. The summed E-state index contributed by atoms with van der Waals surface area (Å²) < 4.78 is 14.2. The average molecular weight is 409 g/mol. The van der Waals surface area contributed by atoms with Crippen LogP contribution in [0.5, 0.6) is 0 Å². The van der Waals surface area contributed by atoms with Crippen LogP contribution in [-0.4, -0.2) is 45.3 Å². The lowest BCUT2D eigenvalue weighted by Gasteiger charge is -2.17. The number of H-pyrrole nitrogens is 1. The Balaban J connectivity index is 0.00000102. The molecule has 1 atom stereocenters. The van der Waals surface area contributed by atoms with E-state index in [1.165, 1.54) is 6.20 Å². The van der Waals surface area contributed by atoms with E-state index in [-0.39, 0.29) is 11.9 Å². The Kier molecular flexibility index (Phi) is 6.87. The maximum Gasteiger partial charge on any atom is 0.183 e. The van der Waals surface area contributed by atoms with Crippen molar-refractivity contribution in [2.45, 2.75) is 25.3 Å². The van der Waals surface area contributed by atoms with E-state index in [2.05, 4.69) is 43.2 Å². The zero-order chi connectivity index (χ0) is 19.2. The molecule has 27 heavy (non-hydrogen) atoms. The fraction of sp³-hybridized carbons (Fsp3) is 0.389. The summed E-state index contributed by atoms with van der Waals surface area (Å²) >= 11 is 9.57. The van der Waals surface area contributed by atoms with Crippen molar-refractivity contribution in [1.29, 1.82) is 0 Å². The van der Waals surface area contributed by atoms with E-state index in [0.717, 1.165) is 43.3 Å². The van der Waals surface area contributed by atoms with E-state index in [4.69, 9.17) is 11.6 Å². The van der Waals surface area contributed by atoms with Gasteiger partial charge in [0.1, 0.15) is 5.65 Å². The summed E-state index contributed by atoms with van der Waals surface area (Å²) in [5.41, 5.74) is 1.44. The lowest BCUT2D eigenvalue weighted by molar-refractivity contribution is 0.594. The SMILES string of the molecule is CS.Fc1cnc(-c2c[nH]c3ncc(Cl)cc23)nc1NC1CCCNCC1. The molecule has 0 bridgehead atoms. The van der Waals surface area contributed by atoms with Crippen molar-refractivity contribution in [1.82, 2.24) is 25.3 Å². The van der Waals surface area contributed by atoms with Gasteiger partial charge in [0.25, 0.3) is 0 Å². The van der Waals surface area contributed by atoms with E-state index >= 15 is 0 Å². The zero-order valence-electron chi connectivity index (χ0n) is 15.0. The summed E-state index contributed by atoms with van der Waals surface area (Å²) in [4.78, 5) is 15.9. The van der Waals surface area contributed by atoms with Crippen LogP contribution >= 0.6 is 24.2 Å². The number of nitrogens with zero attached hydrogens (tertiary/aromatic N) is 3. The van der Waals surface area contributed by atoms with Crippen molar-refractivity contribution in [3.8, 4) is 11.4 Å². The molecular weight excluding hydrogens is 387 g/mol. The number of aromatic nitrogens is 4. The van der Waals surface area contributed by atoms with E-state index in [1.807, 2.05) is 0 Å². The van der Waals surface area contributed by atoms with E-state index in [9.17, 15) is 4.39 Å². The Bertz CT molecular complexity index is 895. The van der Waals surface area contributed by atoms with Gasteiger partial charge in [0, 0.05) is 29.4 Å². The maximum atomic E-state index is 14.2. The van der Waals surface area contributed by atoms with Crippen LogP contribution in [0.4, 0.5) is 10.2 Å². The molecule has 0 saturated carbocycles. The van der Waals surface area contributed by atoms with Crippen LogP contribution in [0.2, 0.25) is 5.02 Å². The van der Waals surface area contributed by atoms with Crippen LogP contribution in [0, 0.1) is 5.82 Å². The van der Waals surface area contributed by atoms with Gasteiger partial charge in [-0.25, -0.2) is 19.3 Å². The monoisotopic (exact) mass is 408 g/mol. The van der Waals surface area contributed by atoms with E-state index in [0.29, 0.717) is 16.5 Å². The molecule has 1 aliphatic rings. The quantitative estimate of drug-likeness (QED) is 0.494. The van der Waals surface area contributed by atoms with Gasteiger partial charge in [-0.2, -0.15) is 12.6 Å². The van der Waals surface area contributed by atoms with Crippen molar-refractivity contribution >= 4 is 41.1 Å². The number of pyridine rings is 1. The molecule has 144 valence electrons. The minimum Gasteiger partial charge on any atom is -0.365 e. The van der Waals surface area contributed by atoms with Gasteiger partial charge in [0.2, 0.25) is 0 Å². The van der Waals surface area contributed by atoms with Gasteiger partial charge < -0.3 is 15.6 Å².